The van der Waals surface area contributed by atoms with Gasteiger partial charge in [0.1, 0.15) is 0 Å². The van der Waals surface area contributed by atoms with Gasteiger partial charge in [0.15, 0.2) is 5.96 Å². The summed E-state index contributed by atoms with van der Waals surface area (Å²) in [4.78, 5) is 16.1. The highest BCUT2D eigenvalue weighted by Crippen LogP contribution is 2.22. The molecule has 6 nitrogen and oxygen atoms in total. The van der Waals surface area contributed by atoms with Crippen LogP contribution in [0, 0.1) is 6.92 Å². The topological polar surface area (TPSA) is 74.8 Å². The highest BCUT2D eigenvalue weighted by atomic mass is 35.5. The van der Waals surface area contributed by atoms with Gasteiger partial charge in [-0.05, 0) is 38.0 Å². The molecule has 0 saturated carbocycles. The Hall–Kier alpha value is -1.79. The molecule has 0 radical (unpaired) electrons. The summed E-state index contributed by atoms with van der Waals surface area (Å²) < 4.78 is 5.27. The van der Waals surface area contributed by atoms with Crippen molar-refractivity contribution in [3.63, 3.8) is 0 Å². The number of nitrogens with zero attached hydrogens (tertiary/aromatic N) is 1. The Morgan fingerprint density at radius 3 is 2.75 bits per heavy atom. The van der Waals surface area contributed by atoms with E-state index in [1.807, 2.05) is 26.0 Å². The van der Waals surface area contributed by atoms with Gasteiger partial charge in [-0.3, -0.25) is 9.79 Å². The van der Waals surface area contributed by atoms with Gasteiger partial charge in [-0.25, -0.2) is 0 Å². The molecular weight excluding hydrogens is 328 g/mol. The van der Waals surface area contributed by atoms with Gasteiger partial charge in [-0.1, -0.05) is 17.7 Å². The normalized spacial score (nSPS) is 11.2. The number of nitrogens with one attached hydrogen (secondary N) is 3. The van der Waals surface area contributed by atoms with E-state index in [9.17, 15) is 4.79 Å². The zero-order valence-corrected chi connectivity index (χ0v) is 15.4. The molecule has 1 aromatic carbocycles. The number of amides is 1. The largest absolute Gasteiger partial charge is 0.382 e. The summed E-state index contributed by atoms with van der Waals surface area (Å²) in [6, 6.07) is 5.46. The monoisotopic (exact) mass is 354 g/mol. The van der Waals surface area contributed by atoms with Crippen LogP contribution in [0.25, 0.3) is 0 Å². The summed E-state index contributed by atoms with van der Waals surface area (Å²) in [5.41, 5.74) is 1.61. The average Bonchev–Trinajstić information content (AvgIpc) is 2.57. The summed E-state index contributed by atoms with van der Waals surface area (Å²) >= 11 is 6.05. The molecule has 1 rings (SSSR count). The van der Waals surface area contributed by atoms with Crippen molar-refractivity contribution in [2.45, 2.75) is 26.7 Å². The Morgan fingerprint density at radius 2 is 2.04 bits per heavy atom. The Morgan fingerprint density at radius 1 is 1.29 bits per heavy atom. The van der Waals surface area contributed by atoms with E-state index in [0.29, 0.717) is 23.9 Å². The Kier molecular flexibility index (Phi) is 9.88. The van der Waals surface area contributed by atoms with E-state index >= 15 is 0 Å². The van der Waals surface area contributed by atoms with E-state index in [4.69, 9.17) is 16.3 Å². The summed E-state index contributed by atoms with van der Waals surface area (Å²) in [5.74, 6) is 0.609. The maximum absolute atomic E-state index is 12.0. The highest BCUT2D eigenvalue weighted by Gasteiger charge is 2.07. The predicted molar refractivity (Wildman–Crippen MR) is 99.9 cm³/mol. The van der Waals surface area contributed by atoms with E-state index in [0.717, 1.165) is 37.4 Å². The molecule has 1 amide bonds. The SMILES string of the molecule is CCOCCCNC(=NC)NCCC(=O)Nc1cccc(Cl)c1C. The smallest absolute Gasteiger partial charge is 0.226 e. The van der Waals surface area contributed by atoms with Crippen LogP contribution < -0.4 is 16.0 Å². The van der Waals surface area contributed by atoms with Crippen LogP contribution in [0.4, 0.5) is 5.69 Å². The van der Waals surface area contributed by atoms with Crippen molar-refractivity contribution in [2.75, 3.05) is 38.7 Å². The molecule has 3 N–H and O–H groups in total. The molecule has 134 valence electrons. The van der Waals surface area contributed by atoms with Crippen molar-refractivity contribution in [2.24, 2.45) is 4.99 Å². The Balaban J connectivity index is 2.27. The third-order valence-corrected chi connectivity index (χ3v) is 3.78. The second-order valence-electron chi connectivity index (χ2n) is 5.19. The number of carbonyl (C=O) groups excluding carboxylic acids is 1. The summed E-state index contributed by atoms with van der Waals surface area (Å²) in [7, 11) is 1.70. The van der Waals surface area contributed by atoms with Gasteiger partial charge in [0.25, 0.3) is 0 Å². The van der Waals surface area contributed by atoms with Crippen LogP contribution in [0.1, 0.15) is 25.3 Å². The molecule has 0 unspecified atom stereocenters. The van der Waals surface area contributed by atoms with Gasteiger partial charge in [0.05, 0.1) is 0 Å². The fraction of sp³-hybridized carbons (Fsp3) is 0.529. The third kappa shape index (κ3) is 7.66. The average molecular weight is 355 g/mol. The van der Waals surface area contributed by atoms with Gasteiger partial charge < -0.3 is 20.7 Å². The van der Waals surface area contributed by atoms with Crippen LogP contribution in [0.15, 0.2) is 23.2 Å². The lowest BCUT2D eigenvalue weighted by Crippen LogP contribution is -2.39. The number of aliphatic imine (C=N–C) groups is 1. The van der Waals surface area contributed by atoms with Crippen molar-refractivity contribution < 1.29 is 9.53 Å². The van der Waals surface area contributed by atoms with Crippen molar-refractivity contribution in [3.05, 3.63) is 28.8 Å². The van der Waals surface area contributed by atoms with E-state index in [-0.39, 0.29) is 5.91 Å². The van der Waals surface area contributed by atoms with Gasteiger partial charge in [-0.2, -0.15) is 0 Å². The van der Waals surface area contributed by atoms with Crippen molar-refractivity contribution in [3.8, 4) is 0 Å². The number of hydrogen-bond donors (Lipinski definition) is 3. The van der Waals surface area contributed by atoms with Crippen LogP contribution >= 0.6 is 11.6 Å². The molecule has 0 aromatic heterocycles. The van der Waals surface area contributed by atoms with E-state index in [1.165, 1.54) is 0 Å². The first-order valence-corrected chi connectivity index (χ1v) is 8.53. The maximum atomic E-state index is 12.0. The van der Waals surface area contributed by atoms with Gasteiger partial charge in [0.2, 0.25) is 5.91 Å². The van der Waals surface area contributed by atoms with E-state index in [1.54, 1.807) is 13.1 Å². The van der Waals surface area contributed by atoms with Crippen molar-refractivity contribution >= 4 is 29.2 Å². The zero-order valence-electron chi connectivity index (χ0n) is 14.6. The first kappa shape index (κ1) is 20.3. The molecule has 7 heteroatoms. The van der Waals surface area contributed by atoms with Crippen LogP contribution in [-0.4, -0.2) is 45.2 Å². The second kappa shape index (κ2) is 11.7. The molecule has 0 aliphatic heterocycles. The molecule has 0 spiro atoms. The minimum Gasteiger partial charge on any atom is -0.382 e. The lowest BCUT2D eigenvalue weighted by atomic mass is 10.2. The maximum Gasteiger partial charge on any atom is 0.226 e. The lowest BCUT2D eigenvalue weighted by molar-refractivity contribution is -0.116. The number of hydrogen-bond acceptors (Lipinski definition) is 3. The fourth-order valence-corrected chi connectivity index (χ4v) is 2.17. The summed E-state index contributed by atoms with van der Waals surface area (Å²) in [6.07, 6.45) is 1.24. The minimum atomic E-state index is -0.0698. The number of carbonyl (C=O) groups is 1. The minimum absolute atomic E-state index is 0.0698. The molecule has 24 heavy (non-hydrogen) atoms. The van der Waals surface area contributed by atoms with Gasteiger partial charge in [0, 0.05) is 50.5 Å². The number of ether oxygens (including phenoxy) is 1. The molecule has 1 aromatic rings. The van der Waals surface area contributed by atoms with Gasteiger partial charge >= 0.3 is 0 Å². The number of benzene rings is 1. The molecule has 0 aliphatic rings. The third-order valence-electron chi connectivity index (χ3n) is 3.37. The van der Waals surface area contributed by atoms with Gasteiger partial charge in [-0.15, -0.1) is 0 Å². The number of halogens is 1. The molecule has 0 heterocycles. The first-order chi connectivity index (χ1) is 11.6. The molecular formula is C17H27ClN4O2. The Bertz CT molecular complexity index is 549. The first-order valence-electron chi connectivity index (χ1n) is 8.15. The van der Waals surface area contributed by atoms with Crippen LogP contribution in [0.3, 0.4) is 0 Å². The fourth-order valence-electron chi connectivity index (χ4n) is 2.00. The van der Waals surface area contributed by atoms with Crippen LogP contribution in [-0.2, 0) is 9.53 Å². The molecule has 0 aliphatic carbocycles. The molecule has 0 atom stereocenters. The number of guanidine groups is 1. The number of anilines is 1. The lowest BCUT2D eigenvalue weighted by Gasteiger charge is -2.12. The quantitative estimate of drug-likeness (QED) is 0.362. The van der Waals surface area contributed by atoms with E-state index < -0.39 is 0 Å². The summed E-state index contributed by atoms with van der Waals surface area (Å²) in [5, 5.41) is 9.80. The molecule has 0 bridgehead atoms. The number of rotatable bonds is 9. The predicted octanol–water partition coefficient (Wildman–Crippen LogP) is 2.57. The van der Waals surface area contributed by atoms with Crippen molar-refractivity contribution in [1.82, 2.24) is 10.6 Å². The van der Waals surface area contributed by atoms with Crippen molar-refractivity contribution in [1.29, 1.82) is 0 Å². The summed E-state index contributed by atoms with van der Waals surface area (Å²) in [6.45, 7) is 6.58. The van der Waals surface area contributed by atoms with E-state index in [2.05, 4.69) is 20.9 Å². The molecule has 0 saturated heterocycles. The highest BCUT2D eigenvalue weighted by molar-refractivity contribution is 6.31. The standard InChI is InChI=1S/C17H27ClN4O2/c1-4-24-12-6-10-20-17(19-3)21-11-9-16(23)22-15-8-5-7-14(18)13(15)2/h5,7-8H,4,6,9-12H2,1-3H3,(H,22,23)(H2,19,20,21). The zero-order chi connectivity index (χ0) is 17.8. The molecule has 0 fully saturated rings. The second-order valence-corrected chi connectivity index (χ2v) is 5.59. The Labute approximate surface area is 149 Å². The van der Waals surface area contributed by atoms with Crippen LogP contribution in [0.5, 0.6) is 0 Å². The van der Waals surface area contributed by atoms with Crippen LogP contribution in [0.2, 0.25) is 5.02 Å².